The van der Waals surface area contributed by atoms with Crippen molar-refractivity contribution in [2.45, 2.75) is 33.6 Å². The normalized spacial score (nSPS) is 12.2. The van der Waals surface area contributed by atoms with E-state index >= 15 is 0 Å². The van der Waals surface area contributed by atoms with E-state index in [-0.39, 0.29) is 5.97 Å². The first-order chi connectivity index (χ1) is 33.7. The summed E-state index contributed by atoms with van der Waals surface area (Å²) in [6.45, 7) is 8.16. The van der Waals surface area contributed by atoms with Crippen molar-refractivity contribution >= 4 is 52.3 Å². The maximum atomic E-state index is 13.7. The molecule has 5 heterocycles. The van der Waals surface area contributed by atoms with Crippen LogP contribution in [0.25, 0.3) is 90.9 Å². The Kier molecular flexibility index (Phi) is 11.2. The van der Waals surface area contributed by atoms with Crippen molar-refractivity contribution in [2.24, 2.45) is 0 Å². The number of ether oxygens (including phenoxy) is 2. The summed E-state index contributed by atoms with van der Waals surface area (Å²) in [6, 6.07) is 59.2. The SMILES string of the molecule is Cc1ccc(-c2c3nc(c(-c4ccc(C)cc4)c4ccc([nH]4)c(-c4ccc(OC(=O)[C@@H](C)c5cccc(Oc6ccccc6)c5)cc4)c4nc(c(-c5ccc(C)cc5)c5ccc2[nH]5)C=C4)C=C3)cc1. The summed E-state index contributed by atoms with van der Waals surface area (Å²) in [4.78, 5) is 32.2. The van der Waals surface area contributed by atoms with Gasteiger partial charge >= 0.3 is 5.97 Å². The van der Waals surface area contributed by atoms with Crippen molar-refractivity contribution in [1.82, 2.24) is 19.9 Å². The van der Waals surface area contributed by atoms with Crippen LogP contribution in [0.2, 0.25) is 0 Å². The van der Waals surface area contributed by atoms with Crippen molar-refractivity contribution in [1.29, 1.82) is 0 Å². The van der Waals surface area contributed by atoms with Gasteiger partial charge in [-0.05, 0) is 140 Å². The molecule has 0 aliphatic carbocycles. The van der Waals surface area contributed by atoms with Crippen LogP contribution in [0.4, 0.5) is 0 Å². The van der Waals surface area contributed by atoms with E-state index in [1.54, 1.807) is 0 Å². The molecule has 69 heavy (non-hydrogen) atoms. The van der Waals surface area contributed by atoms with Gasteiger partial charge in [0.2, 0.25) is 0 Å². The molecule has 8 bridgehead atoms. The molecule has 2 aliphatic heterocycles. The molecule has 11 rings (SSSR count). The van der Waals surface area contributed by atoms with E-state index in [9.17, 15) is 4.79 Å². The Balaban J connectivity index is 1.08. The molecule has 0 saturated carbocycles. The molecule has 6 aromatic carbocycles. The Bertz CT molecular complexity index is 3600. The second-order valence-electron chi connectivity index (χ2n) is 17.8. The minimum Gasteiger partial charge on any atom is -0.457 e. The fraction of sp³-hybridized carbons (Fsp3) is 0.0806. The third-order valence-electron chi connectivity index (χ3n) is 12.8. The maximum absolute atomic E-state index is 13.7. The molecule has 2 N–H and O–H groups in total. The minimum atomic E-state index is -0.537. The van der Waals surface area contributed by atoms with Gasteiger partial charge in [0, 0.05) is 44.3 Å². The average Bonchev–Trinajstić information content (AvgIpc) is 4.23. The first-order valence-corrected chi connectivity index (χ1v) is 23.2. The topological polar surface area (TPSA) is 92.9 Å². The van der Waals surface area contributed by atoms with Gasteiger partial charge < -0.3 is 19.4 Å². The van der Waals surface area contributed by atoms with Crippen LogP contribution >= 0.6 is 0 Å². The van der Waals surface area contributed by atoms with Crippen LogP contribution in [0.3, 0.4) is 0 Å². The number of aromatic nitrogens is 4. The van der Waals surface area contributed by atoms with Crippen LogP contribution in [-0.4, -0.2) is 25.9 Å². The van der Waals surface area contributed by atoms with Gasteiger partial charge in [0.1, 0.15) is 17.2 Å². The number of para-hydroxylation sites is 1. The number of benzene rings is 6. The van der Waals surface area contributed by atoms with Crippen LogP contribution in [0, 0.1) is 20.8 Å². The van der Waals surface area contributed by atoms with Gasteiger partial charge in [0.25, 0.3) is 0 Å². The van der Waals surface area contributed by atoms with Crippen molar-refractivity contribution in [2.75, 3.05) is 0 Å². The molecule has 0 radical (unpaired) electrons. The van der Waals surface area contributed by atoms with E-state index in [0.717, 1.165) is 101 Å². The molecule has 0 spiro atoms. The zero-order valence-electron chi connectivity index (χ0n) is 38.7. The Hall–Kier alpha value is -8.81. The van der Waals surface area contributed by atoms with E-state index in [4.69, 9.17) is 19.4 Å². The average molecular weight is 897 g/mol. The quantitative estimate of drug-likeness (QED) is 0.111. The number of aryl methyl sites for hydroxylation is 3. The van der Waals surface area contributed by atoms with Crippen LogP contribution in [0.5, 0.6) is 17.2 Å². The second-order valence-corrected chi connectivity index (χ2v) is 17.8. The lowest BCUT2D eigenvalue weighted by atomic mass is 10.0. The fourth-order valence-electron chi connectivity index (χ4n) is 9.08. The number of nitrogens with zero attached hydrogens (tertiary/aromatic N) is 2. The highest BCUT2D eigenvalue weighted by Crippen LogP contribution is 2.39. The molecule has 9 aromatic rings. The van der Waals surface area contributed by atoms with E-state index in [1.165, 1.54) is 16.7 Å². The van der Waals surface area contributed by atoms with Gasteiger partial charge in [0.15, 0.2) is 0 Å². The van der Waals surface area contributed by atoms with Gasteiger partial charge in [-0.1, -0.05) is 132 Å². The number of aromatic amines is 2. The number of carbonyl (C=O) groups excluding carboxylic acids is 1. The second kappa shape index (κ2) is 18.1. The lowest BCUT2D eigenvalue weighted by Gasteiger charge is -2.14. The number of hydrogen-bond acceptors (Lipinski definition) is 5. The molecule has 0 saturated heterocycles. The largest absolute Gasteiger partial charge is 0.457 e. The Morgan fingerprint density at radius 2 is 0.797 bits per heavy atom. The predicted octanol–water partition coefficient (Wildman–Crippen LogP) is 15.8. The minimum absolute atomic E-state index is 0.369. The van der Waals surface area contributed by atoms with Crippen LogP contribution < -0.4 is 9.47 Å². The van der Waals surface area contributed by atoms with Gasteiger partial charge in [-0.3, -0.25) is 4.79 Å². The Morgan fingerprint density at radius 1 is 0.420 bits per heavy atom. The molecule has 7 nitrogen and oxygen atoms in total. The summed E-state index contributed by atoms with van der Waals surface area (Å²) >= 11 is 0. The maximum Gasteiger partial charge on any atom is 0.318 e. The summed E-state index contributed by atoms with van der Waals surface area (Å²) in [5, 5.41) is 0. The molecule has 7 heteroatoms. The smallest absolute Gasteiger partial charge is 0.318 e. The van der Waals surface area contributed by atoms with Crippen LogP contribution in [-0.2, 0) is 4.79 Å². The van der Waals surface area contributed by atoms with Crippen LogP contribution in [0.15, 0.2) is 176 Å². The molecule has 0 unspecified atom stereocenters. The molecular formula is C62H48N4O3. The van der Waals surface area contributed by atoms with Crippen molar-refractivity contribution in [3.8, 4) is 61.8 Å². The van der Waals surface area contributed by atoms with Gasteiger partial charge in [0.05, 0.1) is 28.7 Å². The first kappa shape index (κ1) is 42.8. The highest BCUT2D eigenvalue weighted by atomic mass is 16.5. The summed E-state index contributed by atoms with van der Waals surface area (Å²) in [6.07, 6.45) is 8.44. The number of esters is 1. The van der Waals surface area contributed by atoms with E-state index in [1.807, 2.05) is 85.8 Å². The van der Waals surface area contributed by atoms with Crippen LogP contribution in [0.1, 0.15) is 57.9 Å². The molecule has 334 valence electrons. The molecular weight excluding hydrogens is 849 g/mol. The summed E-state index contributed by atoms with van der Waals surface area (Å²) < 4.78 is 12.1. The summed E-state index contributed by atoms with van der Waals surface area (Å²) in [5.41, 5.74) is 19.3. The molecule has 0 amide bonds. The number of rotatable bonds is 9. The third kappa shape index (κ3) is 8.70. The van der Waals surface area contributed by atoms with E-state index in [2.05, 4.69) is 152 Å². The molecule has 2 aliphatic rings. The molecule has 1 atom stereocenters. The number of hydrogen-bond donors (Lipinski definition) is 2. The lowest BCUT2D eigenvalue weighted by Crippen LogP contribution is -2.16. The van der Waals surface area contributed by atoms with Gasteiger partial charge in [-0.2, -0.15) is 0 Å². The highest BCUT2D eigenvalue weighted by Gasteiger charge is 2.21. The Morgan fingerprint density at radius 3 is 1.20 bits per heavy atom. The zero-order chi connectivity index (χ0) is 47.0. The number of nitrogens with one attached hydrogen (secondary N) is 2. The summed E-state index contributed by atoms with van der Waals surface area (Å²) in [5.74, 6) is 0.910. The highest BCUT2D eigenvalue weighted by molar-refractivity contribution is 6.00. The standard InChI is InChI=1S/C62H48N4O3/c1-38-13-19-42(20-14-38)58-50-29-31-52(63-50)59(43-21-15-39(2)16-22-43)54-33-35-56(65-54)61(57-36-34-55(66-57)60(53-32-30-51(58)64-53)44-23-17-40(3)18-24-44)45-25-27-48(28-26-45)69-62(67)41(4)46-9-8-12-49(37-46)68-47-10-6-5-7-11-47/h5-37,41,63,66H,1-4H3/t41-/m0/s1. The van der Waals surface area contributed by atoms with Crippen molar-refractivity contribution in [3.05, 3.63) is 221 Å². The van der Waals surface area contributed by atoms with Gasteiger partial charge in [-0.15, -0.1) is 0 Å². The van der Waals surface area contributed by atoms with Gasteiger partial charge in [-0.25, -0.2) is 9.97 Å². The van der Waals surface area contributed by atoms with Crippen molar-refractivity contribution in [3.63, 3.8) is 0 Å². The number of carbonyl (C=O) groups is 1. The van der Waals surface area contributed by atoms with Crippen molar-refractivity contribution < 1.29 is 14.3 Å². The third-order valence-corrected chi connectivity index (χ3v) is 12.8. The Labute approximate surface area is 401 Å². The number of H-pyrrole nitrogens is 2. The fourth-order valence-corrected chi connectivity index (χ4v) is 9.08. The zero-order valence-corrected chi connectivity index (χ0v) is 38.7. The van der Waals surface area contributed by atoms with E-state index in [0.29, 0.717) is 11.5 Å². The molecule has 3 aromatic heterocycles. The monoisotopic (exact) mass is 896 g/mol. The van der Waals surface area contributed by atoms with E-state index < -0.39 is 5.92 Å². The molecule has 0 fully saturated rings. The lowest BCUT2D eigenvalue weighted by molar-refractivity contribution is -0.135. The summed E-state index contributed by atoms with van der Waals surface area (Å²) in [7, 11) is 0. The predicted molar refractivity (Wildman–Crippen MR) is 282 cm³/mol. The number of fused-ring (bicyclic) bond motifs is 8. The first-order valence-electron chi connectivity index (χ1n) is 23.2.